The average Bonchev–Trinajstić information content (AvgIpc) is 3.67. The molecule has 0 radical (unpaired) electrons. The SMILES string of the molecule is COCCCOC(C)(C)C(=O)OCOP(=O)(O)COCC1O[C@@H](n2ccc3c(NC4CCCC4)nc(Cl)nc32)[C@H](O)[C@@H]1O. The topological polar surface area (TPSA) is 193 Å². The molecule has 2 aromatic heterocycles. The first kappa shape index (κ1) is 34.0. The number of aliphatic hydroxyl groups excluding tert-OH is 2. The van der Waals surface area contributed by atoms with Gasteiger partial charge in [0.25, 0.3) is 0 Å². The summed E-state index contributed by atoms with van der Waals surface area (Å²) < 4.78 is 45.2. The predicted molar refractivity (Wildman–Crippen MR) is 154 cm³/mol. The Balaban J connectivity index is 1.27. The lowest BCUT2D eigenvalue weighted by atomic mass is 10.1. The van der Waals surface area contributed by atoms with E-state index in [1.54, 1.807) is 23.9 Å². The van der Waals surface area contributed by atoms with Gasteiger partial charge in [0.1, 0.15) is 36.1 Å². The molecule has 2 unspecified atom stereocenters. The second-order valence-corrected chi connectivity index (χ2v) is 13.1. The number of hydrogen-bond acceptors (Lipinski definition) is 13. The molecule has 4 rings (SSSR count). The van der Waals surface area contributed by atoms with Gasteiger partial charge in [0.15, 0.2) is 11.8 Å². The first-order valence-corrected chi connectivity index (χ1v) is 16.2. The summed E-state index contributed by atoms with van der Waals surface area (Å²) in [4.78, 5) is 31.0. The van der Waals surface area contributed by atoms with E-state index < -0.39 is 56.8 Å². The molecule has 1 aliphatic heterocycles. The van der Waals surface area contributed by atoms with Gasteiger partial charge in [-0.2, -0.15) is 4.98 Å². The number of ether oxygens (including phenoxy) is 5. The van der Waals surface area contributed by atoms with Crippen molar-refractivity contribution in [1.29, 1.82) is 0 Å². The van der Waals surface area contributed by atoms with Crippen molar-refractivity contribution in [2.45, 2.75) is 82.1 Å². The van der Waals surface area contributed by atoms with Crippen LogP contribution in [0.25, 0.3) is 11.0 Å². The third kappa shape index (κ3) is 8.85. The third-order valence-corrected chi connectivity index (χ3v) is 8.47. The largest absolute Gasteiger partial charge is 0.436 e. The number of anilines is 1. The number of esters is 1. The summed E-state index contributed by atoms with van der Waals surface area (Å²) in [6.07, 6.45) is 0.976. The predicted octanol–water partition coefficient (Wildman–Crippen LogP) is 2.57. The number of rotatable bonds is 16. The molecule has 242 valence electrons. The van der Waals surface area contributed by atoms with Crippen molar-refractivity contribution in [3.05, 3.63) is 17.5 Å². The zero-order chi connectivity index (χ0) is 31.2. The highest BCUT2D eigenvalue weighted by atomic mass is 35.5. The lowest BCUT2D eigenvalue weighted by molar-refractivity contribution is -0.175. The second-order valence-electron chi connectivity index (χ2n) is 11.0. The van der Waals surface area contributed by atoms with Gasteiger partial charge in [-0.05, 0) is 50.8 Å². The number of carbonyl (C=O) groups is 1. The van der Waals surface area contributed by atoms with Crippen molar-refractivity contribution in [2.24, 2.45) is 0 Å². The summed E-state index contributed by atoms with van der Waals surface area (Å²) in [7, 11) is -2.79. The molecule has 43 heavy (non-hydrogen) atoms. The minimum Gasteiger partial charge on any atom is -0.436 e. The van der Waals surface area contributed by atoms with E-state index in [1.165, 1.54) is 13.8 Å². The number of carbonyl (C=O) groups excluding carboxylic acids is 1. The smallest absolute Gasteiger partial charge is 0.356 e. The van der Waals surface area contributed by atoms with E-state index >= 15 is 0 Å². The van der Waals surface area contributed by atoms with Crippen LogP contribution >= 0.6 is 19.2 Å². The first-order chi connectivity index (χ1) is 20.4. The van der Waals surface area contributed by atoms with E-state index in [1.807, 2.05) is 0 Å². The van der Waals surface area contributed by atoms with Gasteiger partial charge in [-0.1, -0.05) is 12.8 Å². The fourth-order valence-corrected chi connectivity index (χ4v) is 5.72. The standard InChI is InChI=1S/C26H40ClN4O11P/c1-26(2,40-12-6-11-37-3)24(34)39-14-41-43(35,36)15-38-13-18-19(32)20(33)23(42-18)31-10-9-17-21(28-16-7-4-5-8-16)29-25(27)30-22(17)31/h9-10,16,18-20,23,32-33H,4-8,11-15H2,1-3H3,(H,35,36)(H,28,29,30)/t18?,19-,20-,23-/m1/s1. The molecule has 0 bridgehead atoms. The summed E-state index contributed by atoms with van der Waals surface area (Å²) in [5, 5.41) is 25.5. The van der Waals surface area contributed by atoms with Gasteiger partial charge in [-0.25, -0.2) is 9.78 Å². The summed E-state index contributed by atoms with van der Waals surface area (Å²) in [5.74, 6) is -0.199. The van der Waals surface area contributed by atoms with Crippen LogP contribution in [0.4, 0.5) is 5.82 Å². The number of nitrogens with zero attached hydrogens (tertiary/aromatic N) is 3. The molecular weight excluding hydrogens is 611 g/mol. The van der Waals surface area contributed by atoms with E-state index in [0.29, 0.717) is 29.9 Å². The Morgan fingerprint density at radius 1 is 1.23 bits per heavy atom. The van der Waals surface area contributed by atoms with Crippen LogP contribution in [0.2, 0.25) is 5.28 Å². The number of fused-ring (bicyclic) bond motifs is 1. The first-order valence-electron chi connectivity index (χ1n) is 14.1. The van der Waals surface area contributed by atoms with Crippen molar-refractivity contribution >= 4 is 42.0 Å². The van der Waals surface area contributed by atoms with Gasteiger partial charge in [0.05, 0.1) is 18.6 Å². The van der Waals surface area contributed by atoms with Crippen LogP contribution < -0.4 is 5.32 Å². The number of hydrogen-bond donors (Lipinski definition) is 4. The van der Waals surface area contributed by atoms with Gasteiger partial charge < -0.3 is 48.7 Å². The zero-order valence-electron chi connectivity index (χ0n) is 24.4. The Bertz CT molecular complexity index is 1280. The maximum Gasteiger partial charge on any atom is 0.356 e. The minimum atomic E-state index is -4.34. The highest BCUT2D eigenvalue weighted by Gasteiger charge is 2.44. The molecule has 2 fully saturated rings. The van der Waals surface area contributed by atoms with Crippen molar-refractivity contribution in [3.8, 4) is 0 Å². The Kier molecular flexibility index (Phi) is 11.8. The molecule has 17 heteroatoms. The molecule has 1 aliphatic carbocycles. The van der Waals surface area contributed by atoms with E-state index in [0.717, 1.165) is 25.7 Å². The van der Waals surface area contributed by atoms with Gasteiger partial charge in [-0.15, -0.1) is 0 Å². The molecule has 2 aromatic rings. The van der Waals surface area contributed by atoms with E-state index in [4.69, 9.17) is 39.8 Å². The Morgan fingerprint density at radius 3 is 2.70 bits per heavy atom. The Hall–Kier alpha value is -1.91. The van der Waals surface area contributed by atoms with E-state index in [9.17, 15) is 24.5 Å². The van der Waals surface area contributed by atoms with Crippen LogP contribution in [0.5, 0.6) is 0 Å². The number of nitrogens with one attached hydrogen (secondary N) is 1. The number of aliphatic hydroxyl groups is 2. The number of aromatic nitrogens is 3. The summed E-state index contributed by atoms with van der Waals surface area (Å²) in [5.41, 5.74) is -0.888. The highest BCUT2D eigenvalue weighted by Crippen LogP contribution is 2.42. The molecule has 0 aromatic carbocycles. The van der Waals surface area contributed by atoms with Crippen molar-refractivity contribution in [3.63, 3.8) is 0 Å². The fourth-order valence-electron chi connectivity index (χ4n) is 4.93. The highest BCUT2D eigenvalue weighted by molar-refractivity contribution is 7.52. The maximum absolute atomic E-state index is 12.4. The van der Waals surface area contributed by atoms with Crippen molar-refractivity contribution in [1.82, 2.24) is 14.5 Å². The molecule has 0 amide bonds. The summed E-state index contributed by atoms with van der Waals surface area (Å²) >= 11 is 6.21. The number of methoxy groups -OCH3 is 1. The van der Waals surface area contributed by atoms with Gasteiger partial charge >= 0.3 is 13.6 Å². The zero-order valence-corrected chi connectivity index (χ0v) is 26.0. The minimum absolute atomic E-state index is 0.0170. The van der Waals surface area contributed by atoms with E-state index in [-0.39, 0.29) is 24.5 Å². The molecule has 1 saturated heterocycles. The van der Waals surface area contributed by atoms with Crippen LogP contribution in [0.15, 0.2) is 12.3 Å². The molecule has 15 nitrogen and oxygen atoms in total. The normalized spacial score (nSPS) is 24.4. The summed E-state index contributed by atoms with van der Waals surface area (Å²) in [6, 6.07) is 2.06. The molecule has 5 atom stereocenters. The summed E-state index contributed by atoms with van der Waals surface area (Å²) in [6.45, 7) is 2.59. The van der Waals surface area contributed by atoms with Crippen molar-refractivity contribution in [2.75, 3.05) is 45.4 Å². The van der Waals surface area contributed by atoms with Crippen LogP contribution in [0.1, 0.15) is 52.2 Å². The average molecular weight is 651 g/mol. The van der Waals surface area contributed by atoms with Crippen LogP contribution in [0.3, 0.4) is 0 Å². The number of halogens is 1. The van der Waals surface area contributed by atoms with Gasteiger partial charge in [0.2, 0.25) is 12.1 Å². The second kappa shape index (κ2) is 14.9. The monoisotopic (exact) mass is 650 g/mol. The Morgan fingerprint density at radius 2 is 1.98 bits per heavy atom. The van der Waals surface area contributed by atoms with E-state index in [2.05, 4.69) is 15.3 Å². The molecule has 2 aliphatic rings. The van der Waals surface area contributed by atoms with Crippen LogP contribution in [0, 0.1) is 0 Å². The fraction of sp³-hybridized carbons (Fsp3) is 0.731. The van der Waals surface area contributed by atoms with Crippen LogP contribution in [-0.2, 0) is 37.6 Å². The quantitative estimate of drug-likeness (QED) is 0.0681. The molecule has 3 heterocycles. The molecule has 4 N–H and O–H groups in total. The Labute approximate surface area is 254 Å². The lowest BCUT2D eigenvalue weighted by Crippen LogP contribution is -2.37. The van der Waals surface area contributed by atoms with Crippen molar-refractivity contribution < 1.29 is 52.7 Å². The molecule has 1 saturated carbocycles. The van der Waals surface area contributed by atoms with Gasteiger partial charge in [-0.3, -0.25) is 9.09 Å². The molecular formula is C26H40ClN4O11P. The maximum atomic E-state index is 12.4. The van der Waals surface area contributed by atoms with Gasteiger partial charge in [0, 0.05) is 26.0 Å². The molecule has 0 spiro atoms. The lowest BCUT2D eigenvalue weighted by Gasteiger charge is -2.23. The third-order valence-electron chi connectivity index (χ3n) is 7.28. The van der Waals surface area contributed by atoms with Crippen LogP contribution in [-0.4, -0.2) is 106 Å².